The Kier molecular flexibility index (Phi) is 2.21. The Morgan fingerprint density at radius 1 is 1.47 bits per heavy atom. The van der Waals surface area contributed by atoms with Crippen molar-refractivity contribution < 1.29 is 0 Å². The fraction of sp³-hybridized carbons (Fsp3) is 0.231. The molecule has 4 heteroatoms. The van der Waals surface area contributed by atoms with Gasteiger partial charge in [-0.15, -0.1) is 0 Å². The van der Waals surface area contributed by atoms with Crippen LogP contribution < -0.4 is 15.5 Å². The molecular weight excluding hydrogens is 212 g/mol. The van der Waals surface area contributed by atoms with E-state index in [2.05, 4.69) is 32.7 Å². The zero-order chi connectivity index (χ0) is 11.8. The summed E-state index contributed by atoms with van der Waals surface area (Å²) in [6, 6.07) is 4.06. The van der Waals surface area contributed by atoms with Crippen LogP contribution in [0.15, 0.2) is 18.3 Å². The molecule has 17 heavy (non-hydrogen) atoms. The van der Waals surface area contributed by atoms with Gasteiger partial charge in [0.2, 0.25) is 0 Å². The van der Waals surface area contributed by atoms with Crippen molar-refractivity contribution in [1.29, 1.82) is 0 Å². The second-order valence-electron chi connectivity index (χ2n) is 4.14. The molecule has 0 atom stereocenters. The molecule has 4 nitrogen and oxygen atoms in total. The molecule has 0 aliphatic carbocycles. The molecule has 86 valence electrons. The lowest BCUT2D eigenvalue weighted by molar-refractivity contribution is 1.07. The highest BCUT2D eigenvalue weighted by Crippen LogP contribution is 2.22. The topological polar surface area (TPSA) is 44.6 Å². The van der Waals surface area contributed by atoms with Crippen molar-refractivity contribution in [3.05, 3.63) is 28.9 Å². The third kappa shape index (κ3) is 1.71. The predicted molar refractivity (Wildman–Crippen MR) is 68.9 cm³/mol. The predicted octanol–water partition coefficient (Wildman–Crippen LogP) is 0.502. The third-order valence-electron chi connectivity index (χ3n) is 2.96. The van der Waals surface area contributed by atoms with Crippen molar-refractivity contribution in [1.82, 2.24) is 15.2 Å². The largest absolute Gasteiger partial charge is 0.353 e. The van der Waals surface area contributed by atoms with Crippen LogP contribution in [0.2, 0.25) is 0 Å². The number of pyridine rings is 1. The van der Waals surface area contributed by atoms with Crippen molar-refractivity contribution in [3.8, 4) is 11.3 Å². The van der Waals surface area contributed by atoms with Gasteiger partial charge in [-0.25, -0.2) is 4.98 Å². The second kappa shape index (κ2) is 3.73. The van der Waals surface area contributed by atoms with Gasteiger partial charge in [-0.05, 0) is 19.1 Å². The molecule has 2 aromatic heterocycles. The SMILES string of the molecule is C=c1[nH]nc(-c2ccnc(N3CC3)c2)/c1=C/C. The first-order valence-corrected chi connectivity index (χ1v) is 5.70. The van der Waals surface area contributed by atoms with E-state index in [0.717, 1.165) is 40.7 Å². The summed E-state index contributed by atoms with van der Waals surface area (Å²) in [4.78, 5) is 6.57. The molecular formula is C13H14N4. The zero-order valence-electron chi connectivity index (χ0n) is 9.77. The van der Waals surface area contributed by atoms with Gasteiger partial charge in [0.1, 0.15) is 5.82 Å². The molecule has 1 saturated heterocycles. The van der Waals surface area contributed by atoms with Gasteiger partial charge >= 0.3 is 0 Å². The van der Waals surface area contributed by atoms with E-state index in [9.17, 15) is 0 Å². The van der Waals surface area contributed by atoms with Crippen LogP contribution in [0.5, 0.6) is 0 Å². The van der Waals surface area contributed by atoms with E-state index in [4.69, 9.17) is 0 Å². The molecule has 3 rings (SSSR count). The van der Waals surface area contributed by atoms with Crippen LogP contribution in [-0.4, -0.2) is 28.3 Å². The van der Waals surface area contributed by atoms with E-state index in [1.165, 1.54) is 0 Å². The second-order valence-corrected chi connectivity index (χ2v) is 4.14. The third-order valence-corrected chi connectivity index (χ3v) is 2.96. The molecule has 0 bridgehead atoms. The molecule has 0 saturated carbocycles. The van der Waals surface area contributed by atoms with Crippen LogP contribution >= 0.6 is 0 Å². The van der Waals surface area contributed by atoms with Gasteiger partial charge in [0.15, 0.2) is 0 Å². The summed E-state index contributed by atoms with van der Waals surface area (Å²) >= 11 is 0. The Balaban J connectivity index is 2.14. The van der Waals surface area contributed by atoms with E-state index >= 15 is 0 Å². The maximum Gasteiger partial charge on any atom is 0.129 e. The van der Waals surface area contributed by atoms with E-state index in [1.54, 1.807) is 0 Å². The van der Waals surface area contributed by atoms with Crippen LogP contribution in [0, 0.1) is 0 Å². The monoisotopic (exact) mass is 226 g/mol. The van der Waals surface area contributed by atoms with Gasteiger partial charge in [0, 0.05) is 30.1 Å². The Hall–Kier alpha value is -2.10. The minimum Gasteiger partial charge on any atom is -0.353 e. The lowest BCUT2D eigenvalue weighted by Gasteiger charge is -2.03. The lowest BCUT2D eigenvalue weighted by atomic mass is 10.1. The van der Waals surface area contributed by atoms with E-state index in [0.29, 0.717) is 0 Å². The number of aromatic amines is 1. The Bertz CT molecular complexity index is 652. The van der Waals surface area contributed by atoms with Gasteiger partial charge < -0.3 is 4.90 Å². The maximum atomic E-state index is 4.35. The number of aromatic nitrogens is 3. The van der Waals surface area contributed by atoms with Crippen LogP contribution in [-0.2, 0) is 0 Å². The summed E-state index contributed by atoms with van der Waals surface area (Å²) in [6.07, 6.45) is 3.86. The average molecular weight is 226 g/mol. The molecule has 0 radical (unpaired) electrons. The highest BCUT2D eigenvalue weighted by molar-refractivity contribution is 5.65. The first-order valence-electron chi connectivity index (χ1n) is 5.70. The maximum absolute atomic E-state index is 4.35. The summed E-state index contributed by atoms with van der Waals surface area (Å²) in [6.45, 7) is 8.13. The van der Waals surface area contributed by atoms with Crippen LogP contribution in [0.1, 0.15) is 6.92 Å². The number of hydrogen-bond donors (Lipinski definition) is 1. The van der Waals surface area contributed by atoms with E-state index in [1.807, 2.05) is 25.3 Å². The molecule has 0 spiro atoms. The van der Waals surface area contributed by atoms with Crippen LogP contribution in [0.25, 0.3) is 23.9 Å². The van der Waals surface area contributed by atoms with Gasteiger partial charge in [-0.3, -0.25) is 5.10 Å². The quantitative estimate of drug-likeness (QED) is 0.759. The first-order chi connectivity index (χ1) is 8.29. The lowest BCUT2D eigenvalue weighted by Crippen LogP contribution is -2.21. The minimum absolute atomic E-state index is 0.854. The van der Waals surface area contributed by atoms with Gasteiger partial charge in [-0.2, -0.15) is 5.10 Å². The fourth-order valence-electron chi connectivity index (χ4n) is 1.94. The van der Waals surface area contributed by atoms with Crippen molar-refractivity contribution in [3.63, 3.8) is 0 Å². The van der Waals surface area contributed by atoms with Crippen molar-refractivity contribution >= 4 is 18.5 Å². The Morgan fingerprint density at radius 3 is 3.00 bits per heavy atom. The van der Waals surface area contributed by atoms with Gasteiger partial charge in [-0.1, -0.05) is 12.7 Å². The average Bonchev–Trinajstić information content (AvgIpc) is 3.13. The standard InChI is InChI=1S/C13H14N4/c1-3-11-9(2)15-16-13(11)10-4-5-14-12(8-10)17-6-7-17/h3-5,8,15H,2,6-7H2,1H3/b11-3+. The number of anilines is 1. The molecule has 1 N–H and O–H groups in total. The van der Waals surface area contributed by atoms with E-state index in [-0.39, 0.29) is 0 Å². The molecule has 1 aliphatic rings. The van der Waals surface area contributed by atoms with Crippen molar-refractivity contribution in [2.24, 2.45) is 0 Å². The van der Waals surface area contributed by atoms with Crippen LogP contribution in [0.4, 0.5) is 5.82 Å². The zero-order valence-corrected chi connectivity index (χ0v) is 9.77. The highest BCUT2D eigenvalue weighted by Gasteiger charge is 2.19. The summed E-state index contributed by atoms with van der Waals surface area (Å²) in [5.74, 6) is 1.03. The first kappa shape index (κ1) is 10.1. The fourth-order valence-corrected chi connectivity index (χ4v) is 1.94. The normalized spacial score (nSPS) is 15.4. The Labute approximate surface area is 99.3 Å². The number of nitrogens with one attached hydrogen (secondary N) is 1. The molecule has 1 aliphatic heterocycles. The number of nitrogens with zero attached hydrogens (tertiary/aromatic N) is 3. The molecule has 0 aromatic carbocycles. The van der Waals surface area contributed by atoms with Gasteiger partial charge in [0.25, 0.3) is 0 Å². The van der Waals surface area contributed by atoms with Crippen molar-refractivity contribution in [2.45, 2.75) is 6.92 Å². The number of hydrogen-bond acceptors (Lipinski definition) is 3. The van der Waals surface area contributed by atoms with Gasteiger partial charge in [0.05, 0.1) is 11.0 Å². The molecule has 2 aromatic rings. The molecule has 0 unspecified atom stereocenters. The minimum atomic E-state index is 0.854. The summed E-state index contributed by atoms with van der Waals surface area (Å²) in [7, 11) is 0. The summed E-state index contributed by atoms with van der Waals surface area (Å²) in [5.41, 5.74) is 2.03. The summed E-state index contributed by atoms with van der Waals surface area (Å²) < 4.78 is 0. The number of rotatable bonds is 2. The van der Waals surface area contributed by atoms with E-state index < -0.39 is 0 Å². The molecule has 0 amide bonds. The molecule has 1 fully saturated rings. The Morgan fingerprint density at radius 2 is 2.29 bits per heavy atom. The number of H-pyrrole nitrogens is 1. The van der Waals surface area contributed by atoms with Crippen molar-refractivity contribution in [2.75, 3.05) is 18.0 Å². The molecule has 3 heterocycles. The smallest absolute Gasteiger partial charge is 0.129 e. The summed E-state index contributed by atoms with van der Waals surface area (Å²) in [5, 5.41) is 9.15. The van der Waals surface area contributed by atoms with Crippen LogP contribution in [0.3, 0.4) is 0 Å². The highest BCUT2D eigenvalue weighted by atomic mass is 15.3.